The summed E-state index contributed by atoms with van der Waals surface area (Å²) in [5, 5.41) is 0. The summed E-state index contributed by atoms with van der Waals surface area (Å²) in [6.45, 7) is 2.69. The van der Waals surface area contributed by atoms with Gasteiger partial charge < -0.3 is 15.4 Å². The van der Waals surface area contributed by atoms with Gasteiger partial charge in [0.2, 0.25) is 0 Å². The summed E-state index contributed by atoms with van der Waals surface area (Å²) in [6, 6.07) is 8.39. The van der Waals surface area contributed by atoms with E-state index < -0.39 is 0 Å². The summed E-state index contributed by atoms with van der Waals surface area (Å²) < 4.78 is 5.80. The monoisotopic (exact) mass is 192 g/mol. The molecule has 0 aliphatic carbocycles. The van der Waals surface area contributed by atoms with E-state index in [1.54, 1.807) is 0 Å². The van der Waals surface area contributed by atoms with E-state index in [-0.39, 0.29) is 6.10 Å². The van der Waals surface area contributed by atoms with E-state index in [4.69, 9.17) is 10.5 Å². The lowest BCUT2D eigenvalue weighted by Crippen LogP contribution is -2.49. The molecule has 1 heterocycles. The molecule has 2 N–H and O–H groups in total. The van der Waals surface area contributed by atoms with Crippen molar-refractivity contribution in [3.05, 3.63) is 24.3 Å². The number of para-hydroxylation sites is 2. The molecule has 76 valence electrons. The standard InChI is InChI=1S/C11H16N2O/c1-8-11(7-12)14-10-6-4-3-5-9(10)13(8)2/h3-6,8,11H,7,12H2,1-2H3. The Bertz CT molecular complexity index is 327. The van der Waals surface area contributed by atoms with Crippen LogP contribution in [0.1, 0.15) is 6.92 Å². The maximum atomic E-state index is 5.80. The molecule has 0 saturated heterocycles. The molecule has 1 aromatic carbocycles. The number of likely N-dealkylation sites (N-methyl/N-ethyl adjacent to an activating group) is 1. The van der Waals surface area contributed by atoms with Gasteiger partial charge in [0.1, 0.15) is 11.9 Å². The summed E-state index contributed by atoms with van der Waals surface area (Å²) in [6.07, 6.45) is 0.0925. The average molecular weight is 192 g/mol. The van der Waals surface area contributed by atoms with Gasteiger partial charge in [0, 0.05) is 13.6 Å². The second-order valence-corrected chi connectivity index (χ2v) is 3.71. The van der Waals surface area contributed by atoms with Crippen LogP contribution in [-0.4, -0.2) is 25.7 Å². The van der Waals surface area contributed by atoms with Crippen LogP contribution in [0.2, 0.25) is 0 Å². The molecule has 0 radical (unpaired) electrons. The molecule has 3 nitrogen and oxygen atoms in total. The second kappa shape index (κ2) is 3.50. The quantitative estimate of drug-likeness (QED) is 0.727. The van der Waals surface area contributed by atoms with Gasteiger partial charge in [0.05, 0.1) is 11.7 Å². The Kier molecular flexibility index (Phi) is 2.33. The van der Waals surface area contributed by atoms with E-state index in [9.17, 15) is 0 Å². The molecule has 1 aliphatic rings. The Hall–Kier alpha value is -1.22. The van der Waals surface area contributed by atoms with Crippen molar-refractivity contribution >= 4 is 5.69 Å². The molecule has 0 aromatic heterocycles. The number of anilines is 1. The summed E-state index contributed by atoms with van der Waals surface area (Å²) in [7, 11) is 2.08. The first kappa shape index (κ1) is 9.34. The first-order valence-corrected chi connectivity index (χ1v) is 4.92. The van der Waals surface area contributed by atoms with E-state index in [0.29, 0.717) is 12.6 Å². The maximum Gasteiger partial charge on any atom is 0.143 e. The number of hydrogen-bond donors (Lipinski definition) is 1. The van der Waals surface area contributed by atoms with Gasteiger partial charge in [-0.15, -0.1) is 0 Å². The van der Waals surface area contributed by atoms with Crippen LogP contribution in [-0.2, 0) is 0 Å². The highest BCUT2D eigenvalue weighted by molar-refractivity contribution is 5.60. The molecule has 2 atom stereocenters. The van der Waals surface area contributed by atoms with Gasteiger partial charge in [-0.25, -0.2) is 0 Å². The molecule has 0 bridgehead atoms. The average Bonchev–Trinajstić information content (AvgIpc) is 2.23. The van der Waals surface area contributed by atoms with E-state index in [1.807, 2.05) is 18.2 Å². The summed E-state index contributed by atoms with van der Waals surface area (Å²) >= 11 is 0. The van der Waals surface area contributed by atoms with Crippen LogP contribution in [0.25, 0.3) is 0 Å². The van der Waals surface area contributed by atoms with Crippen LogP contribution in [0, 0.1) is 0 Å². The molecule has 0 saturated carbocycles. The maximum absolute atomic E-state index is 5.80. The second-order valence-electron chi connectivity index (χ2n) is 3.71. The van der Waals surface area contributed by atoms with Gasteiger partial charge in [0.25, 0.3) is 0 Å². The normalized spacial score (nSPS) is 25.5. The fourth-order valence-corrected chi connectivity index (χ4v) is 1.82. The minimum Gasteiger partial charge on any atom is -0.485 e. The number of ether oxygens (including phenoxy) is 1. The SMILES string of the molecule is CC1C(CN)Oc2ccccc2N1C. The summed E-state index contributed by atoms with van der Waals surface area (Å²) in [4.78, 5) is 2.22. The van der Waals surface area contributed by atoms with Gasteiger partial charge in [-0.05, 0) is 19.1 Å². The number of nitrogens with zero attached hydrogens (tertiary/aromatic N) is 1. The number of rotatable bonds is 1. The van der Waals surface area contributed by atoms with Crippen molar-refractivity contribution in [1.29, 1.82) is 0 Å². The third-order valence-corrected chi connectivity index (χ3v) is 2.90. The molecule has 14 heavy (non-hydrogen) atoms. The molecule has 3 heteroatoms. The highest BCUT2D eigenvalue weighted by Crippen LogP contribution is 2.34. The van der Waals surface area contributed by atoms with Crippen molar-refractivity contribution in [2.75, 3.05) is 18.5 Å². The third kappa shape index (κ3) is 1.34. The topological polar surface area (TPSA) is 38.5 Å². The van der Waals surface area contributed by atoms with Crippen molar-refractivity contribution in [2.45, 2.75) is 19.1 Å². The lowest BCUT2D eigenvalue weighted by atomic mass is 10.1. The molecule has 0 fully saturated rings. The molecule has 0 spiro atoms. The van der Waals surface area contributed by atoms with Crippen molar-refractivity contribution in [3.63, 3.8) is 0 Å². The smallest absolute Gasteiger partial charge is 0.143 e. The Labute approximate surface area is 84.5 Å². The number of hydrogen-bond acceptors (Lipinski definition) is 3. The van der Waals surface area contributed by atoms with Crippen LogP contribution >= 0.6 is 0 Å². The first-order valence-electron chi connectivity index (χ1n) is 4.92. The van der Waals surface area contributed by atoms with Crippen molar-refractivity contribution in [3.8, 4) is 5.75 Å². The lowest BCUT2D eigenvalue weighted by Gasteiger charge is -2.39. The van der Waals surface area contributed by atoms with Gasteiger partial charge in [-0.3, -0.25) is 0 Å². The number of fused-ring (bicyclic) bond motifs is 1. The fraction of sp³-hybridized carbons (Fsp3) is 0.455. The molecule has 1 aromatic rings. The van der Waals surface area contributed by atoms with Crippen molar-refractivity contribution in [2.24, 2.45) is 5.73 Å². The minimum atomic E-state index is 0.0925. The molecular formula is C11H16N2O. The summed E-state index contributed by atoms with van der Waals surface area (Å²) in [5.41, 5.74) is 6.80. The van der Waals surface area contributed by atoms with Crippen LogP contribution in [0.15, 0.2) is 24.3 Å². The van der Waals surface area contributed by atoms with Gasteiger partial charge in [-0.2, -0.15) is 0 Å². The fourth-order valence-electron chi connectivity index (χ4n) is 1.82. The largest absolute Gasteiger partial charge is 0.485 e. The Morgan fingerprint density at radius 3 is 2.86 bits per heavy atom. The predicted octanol–water partition coefficient (Wildman–Crippen LogP) is 1.23. The highest BCUT2D eigenvalue weighted by atomic mass is 16.5. The van der Waals surface area contributed by atoms with Crippen LogP contribution in [0.4, 0.5) is 5.69 Å². The molecule has 2 unspecified atom stereocenters. The van der Waals surface area contributed by atoms with E-state index >= 15 is 0 Å². The van der Waals surface area contributed by atoms with E-state index in [2.05, 4.69) is 24.9 Å². The van der Waals surface area contributed by atoms with Crippen molar-refractivity contribution in [1.82, 2.24) is 0 Å². The Morgan fingerprint density at radius 2 is 2.14 bits per heavy atom. The summed E-state index contributed by atoms with van der Waals surface area (Å²) in [5.74, 6) is 0.934. The minimum absolute atomic E-state index is 0.0925. The van der Waals surface area contributed by atoms with Gasteiger partial charge in [0.15, 0.2) is 0 Å². The van der Waals surface area contributed by atoms with Gasteiger partial charge >= 0.3 is 0 Å². The van der Waals surface area contributed by atoms with Crippen LogP contribution < -0.4 is 15.4 Å². The molecule has 2 rings (SSSR count). The zero-order valence-corrected chi connectivity index (χ0v) is 8.60. The zero-order chi connectivity index (χ0) is 10.1. The Balaban J connectivity index is 2.37. The lowest BCUT2D eigenvalue weighted by molar-refractivity contribution is 0.168. The molecule has 1 aliphatic heterocycles. The molecular weight excluding hydrogens is 176 g/mol. The van der Waals surface area contributed by atoms with Crippen LogP contribution in [0.3, 0.4) is 0 Å². The Morgan fingerprint density at radius 1 is 1.43 bits per heavy atom. The number of nitrogens with two attached hydrogens (primary N) is 1. The van der Waals surface area contributed by atoms with Gasteiger partial charge in [-0.1, -0.05) is 12.1 Å². The number of benzene rings is 1. The predicted molar refractivity (Wildman–Crippen MR) is 57.8 cm³/mol. The zero-order valence-electron chi connectivity index (χ0n) is 8.60. The third-order valence-electron chi connectivity index (χ3n) is 2.90. The van der Waals surface area contributed by atoms with E-state index in [0.717, 1.165) is 11.4 Å². The van der Waals surface area contributed by atoms with Crippen molar-refractivity contribution < 1.29 is 4.74 Å². The van der Waals surface area contributed by atoms with E-state index in [1.165, 1.54) is 0 Å². The first-order chi connectivity index (χ1) is 6.74. The molecule has 0 amide bonds. The van der Waals surface area contributed by atoms with Crippen LogP contribution in [0.5, 0.6) is 5.75 Å². The highest BCUT2D eigenvalue weighted by Gasteiger charge is 2.28.